The summed E-state index contributed by atoms with van der Waals surface area (Å²) >= 11 is 0. The van der Waals surface area contributed by atoms with Gasteiger partial charge in [0.25, 0.3) is 0 Å². The van der Waals surface area contributed by atoms with E-state index in [-0.39, 0.29) is 24.7 Å². The monoisotopic (exact) mass is 281 g/mol. The molecule has 0 saturated carbocycles. The van der Waals surface area contributed by atoms with E-state index in [2.05, 4.69) is 11.4 Å². The topological polar surface area (TPSA) is 55.4 Å². The Morgan fingerprint density at radius 3 is 2.60 bits per heavy atom. The first-order chi connectivity index (χ1) is 9.37. The van der Waals surface area contributed by atoms with Crippen molar-refractivity contribution in [2.75, 3.05) is 6.54 Å². The van der Waals surface area contributed by atoms with E-state index >= 15 is 0 Å². The summed E-state index contributed by atoms with van der Waals surface area (Å²) in [5.41, 5.74) is 0.963. The Morgan fingerprint density at radius 1 is 1.25 bits per heavy atom. The predicted molar refractivity (Wildman–Crippen MR) is 79.3 cm³/mol. The lowest BCUT2D eigenvalue weighted by molar-refractivity contribution is -0.155. The molecular formula is C16H27NO3. The number of hydrogen-bond acceptors (Lipinski definition) is 3. The summed E-state index contributed by atoms with van der Waals surface area (Å²) in [5, 5.41) is 2.86. The molecule has 4 nitrogen and oxygen atoms in total. The van der Waals surface area contributed by atoms with Crippen LogP contribution in [-0.2, 0) is 14.3 Å². The van der Waals surface area contributed by atoms with Gasteiger partial charge in [0.15, 0.2) is 0 Å². The molecule has 1 N–H and O–H groups in total. The highest BCUT2D eigenvalue weighted by Gasteiger charge is 2.16. The maximum atomic E-state index is 11.6. The number of allylic oxidation sites excluding steroid dienone is 1. The van der Waals surface area contributed by atoms with Crippen molar-refractivity contribution in [2.45, 2.75) is 71.3 Å². The molecule has 0 heterocycles. The first kappa shape index (κ1) is 16.7. The Hall–Kier alpha value is -1.32. The summed E-state index contributed by atoms with van der Waals surface area (Å²) in [4.78, 5) is 23.1. The van der Waals surface area contributed by atoms with Crippen LogP contribution in [0, 0.1) is 0 Å². The molecular weight excluding hydrogens is 254 g/mol. The van der Waals surface area contributed by atoms with Gasteiger partial charge in [-0.1, -0.05) is 11.6 Å². The van der Waals surface area contributed by atoms with Crippen molar-refractivity contribution >= 4 is 11.9 Å². The molecule has 0 aromatic heterocycles. The van der Waals surface area contributed by atoms with Crippen molar-refractivity contribution in [1.82, 2.24) is 5.32 Å². The molecule has 0 atom stereocenters. The maximum Gasteiger partial charge on any atom is 0.306 e. The Kier molecular flexibility index (Phi) is 6.76. The van der Waals surface area contributed by atoms with Crippen molar-refractivity contribution in [1.29, 1.82) is 0 Å². The molecule has 1 amide bonds. The van der Waals surface area contributed by atoms with Crippen LogP contribution in [0.4, 0.5) is 0 Å². The van der Waals surface area contributed by atoms with Crippen molar-refractivity contribution in [3.8, 4) is 0 Å². The number of ether oxygens (including phenoxy) is 1. The average molecular weight is 281 g/mol. The summed E-state index contributed by atoms with van der Waals surface area (Å²) in [7, 11) is 0. The lowest BCUT2D eigenvalue weighted by Gasteiger charge is -2.19. The van der Waals surface area contributed by atoms with Crippen molar-refractivity contribution < 1.29 is 14.3 Å². The quantitative estimate of drug-likeness (QED) is 0.601. The van der Waals surface area contributed by atoms with Gasteiger partial charge >= 0.3 is 5.97 Å². The van der Waals surface area contributed by atoms with E-state index in [0.717, 1.165) is 12.8 Å². The predicted octanol–water partition coefficient (Wildman–Crippen LogP) is 3.12. The van der Waals surface area contributed by atoms with E-state index in [1.54, 1.807) is 0 Å². The molecule has 1 rings (SSSR count). The van der Waals surface area contributed by atoms with Crippen molar-refractivity contribution in [2.24, 2.45) is 0 Å². The summed E-state index contributed by atoms with van der Waals surface area (Å²) in [6.45, 7) is 6.13. The zero-order valence-electron chi connectivity index (χ0n) is 13.0. The van der Waals surface area contributed by atoms with E-state index in [1.807, 2.05) is 20.8 Å². The lowest BCUT2D eigenvalue weighted by atomic mass is 9.97. The summed E-state index contributed by atoms with van der Waals surface area (Å²) in [5.74, 6) is -0.394. The molecule has 0 aromatic rings. The standard InChI is InChI=1S/C16H27NO3/c1-16(2,3)20-15(19)10-9-14(18)17-12-11-13-7-5-4-6-8-13/h7H,4-6,8-12H2,1-3H3,(H,17,18). The summed E-state index contributed by atoms with van der Waals surface area (Å²) in [6.07, 6.45) is 8.44. The van der Waals surface area contributed by atoms with Crippen LogP contribution in [0.25, 0.3) is 0 Å². The Balaban J connectivity index is 2.11. The highest BCUT2D eigenvalue weighted by Crippen LogP contribution is 2.19. The third-order valence-corrected chi connectivity index (χ3v) is 3.13. The fraction of sp³-hybridized carbons (Fsp3) is 0.750. The highest BCUT2D eigenvalue weighted by atomic mass is 16.6. The minimum atomic E-state index is -0.485. The van der Waals surface area contributed by atoms with E-state index in [0.29, 0.717) is 6.54 Å². The fourth-order valence-electron chi connectivity index (χ4n) is 2.19. The smallest absolute Gasteiger partial charge is 0.306 e. The lowest BCUT2D eigenvalue weighted by Crippen LogP contribution is -2.27. The van der Waals surface area contributed by atoms with Gasteiger partial charge in [0.2, 0.25) is 5.91 Å². The van der Waals surface area contributed by atoms with E-state index in [4.69, 9.17) is 4.74 Å². The number of carbonyl (C=O) groups excluding carboxylic acids is 2. The van der Waals surface area contributed by atoms with Crippen LogP contribution in [0.1, 0.15) is 65.7 Å². The van der Waals surface area contributed by atoms with Crippen LogP contribution >= 0.6 is 0 Å². The van der Waals surface area contributed by atoms with Crippen LogP contribution in [0.15, 0.2) is 11.6 Å². The molecule has 20 heavy (non-hydrogen) atoms. The minimum absolute atomic E-state index is 0.0766. The van der Waals surface area contributed by atoms with Gasteiger partial charge in [0.1, 0.15) is 5.60 Å². The molecule has 0 spiro atoms. The first-order valence-corrected chi connectivity index (χ1v) is 7.53. The number of rotatable bonds is 6. The molecule has 0 radical (unpaired) electrons. The second kappa shape index (κ2) is 8.08. The van der Waals surface area contributed by atoms with E-state index in [1.165, 1.54) is 24.8 Å². The molecule has 0 fully saturated rings. The summed E-state index contributed by atoms with van der Waals surface area (Å²) < 4.78 is 5.16. The minimum Gasteiger partial charge on any atom is -0.460 e. The molecule has 4 heteroatoms. The van der Waals surface area contributed by atoms with Gasteiger partial charge in [-0.3, -0.25) is 9.59 Å². The molecule has 0 bridgehead atoms. The molecule has 0 aromatic carbocycles. The van der Waals surface area contributed by atoms with Gasteiger partial charge < -0.3 is 10.1 Å². The molecule has 0 aliphatic heterocycles. The Morgan fingerprint density at radius 2 is 2.00 bits per heavy atom. The zero-order valence-corrected chi connectivity index (χ0v) is 13.0. The third kappa shape index (κ3) is 7.97. The van der Waals surface area contributed by atoms with E-state index in [9.17, 15) is 9.59 Å². The van der Waals surface area contributed by atoms with Gasteiger partial charge in [-0.25, -0.2) is 0 Å². The number of nitrogens with one attached hydrogen (secondary N) is 1. The van der Waals surface area contributed by atoms with Crippen LogP contribution in [0.5, 0.6) is 0 Å². The van der Waals surface area contributed by atoms with Crippen LogP contribution < -0.4 is 5.32 Å². The molecule has 1 aliphatic carbocycles. The zero-order chi connectivity index (χ0) is 15.0. The number of hydrogen-bond donors (Lipinski definition) is 1. The van der Waals surface area contributed by atoms with Crippen molar-refractivity contribution in [3.05, 3.63) is 11.6 Å². The third-order valence-electron chi connectivity index (χ3n) is 3.13. The molecule has 0 unspecified atom stereocenters. The largest absolute Gasteiger partial charge is 0.460 e. The average Bonchev–Trinajstić information content (AvgIpc) is 2.36. The Labute approximate surface area is 122 Å². The second-order valence-corrected chi connectivity index (χ2v) is 6.29. The van der Waals surface area contributed by atoms with Gasteiger partial charge in [0.05, 0.1) is 6.42 Å². The number of amides is 1. The fourth-order valence-corrected chi connectivity index (χ4v) is 2.19. The second-order valence-electron chi connectivity index (χ2n) is 6.29. The van der Waals surface area contributed by atoms with Crippen LogP contribution in [0.2, 0.25) is 0 Å². The van der Waals surface area contributed by atoms with Gasteiger partial charge in [-0.15, -0.1) is 0 Å². The van der Waals surface area contributed by atoms with Crippen molar-refractivity contribution in [3.63, 3.8) is 0 Å². The SMILES string of the molecule is CC(C)(C)OC(=O)CCC(=O)NCCC1=CCCCC1. The molecule has 1 aliphatic rings. The first-order valence-electron chi connectivity index (χ1n) is 7.53. The normalized spacial score (nSPS) is 15.4. The van der Waals surface area contributed by atoms with Gasteiger partial charge in [0, 0.05) is 13.0 Å². The van der Waals surface area contributed by atoms with Gasteiger partial charge in [-0.2, -0.15) is 0 Å². The highest BCUT2D eigenvalue weighted by molar-refractivity contribution is 5.81. The molecule has 114 valence electrons. The van der Waals surface area contributed by atoms with Crippen LogP contribution in [-0.4, -0.2) is 24.0 Å². The van der Waals surface area contributed by atoms with Gasteiger partial charge in [-0.05, 0) is 52.9 Å². The van der Waals surface area contributed by atoms with E-state index < -0.39 is 5.60 Å². The maximum absolute atomic E-state index is 11.6. The van der Waals surface area contributed by atoms with Crippen LogP contribution in [0.3, 0.4) is 0 Å². The number of esters is 1. The Bertz CT molecular complexity index is 366. The number of carbonyl (C=O) groups is 2. The summed E-state index contributed by atoms with van der Waals surface area (Å²) in [6, 6.07) is 0. The molecule has 0 saturated heterocycles.